The third-order valence-corrected chi connectivity index (χ3v) is 1.51. The lowest BCUT2D eigenvalue weighted by Gasteiger charge is -2.04. The van der Waals surface area contributed by atoms with Gasteiger partial charge in [0.1, 0.15) is 5.69 Å². The van der Waals surface area contributed by atoms with E-state index in [0.29, 0.717) is 5.69 Å². The molecule has 0 spiro atoms. The van der Waals surface area contributed by atoms with E-state index < -0.39 is 0 Å². The maximum absolute atomic E-state index is 5.67. The first-order valence-corrected chi connectivity index (χ1v) is 3.59. The summed E-state index contributed by atoms with van der Waals surface area (Å²) in [5.74, 6) is 2.45. The van der Waals surface area contributed by atoms with Gasteiger partial charge in [0.25, 0.3) is 0 Å². The van der Waals surface area contributed by atoms with Gasteiger partial charge < -0.3 is 5.73 Å². The summed E-state index contributed by atoms with van der Waals surface area (Å²) in [5, 5.41) is 0. The maximum atomic E-state index is 5.67. The van der Waals surface area contributed by atoms with Crippen molar-refractivity contribution in [1.29, 1.82) is 0 Å². The molecule has 60 valence electrons. The number of pyridine rings is 1. The largest absolute Gasteiger partial charge is 0.319 e. The van der Waals surface area contributed by atoms with Crippen molar-refractivity contribution in [3.63, 3.8) is 0 Å². The van der Waals surface area contributed by atoms with Crippen LogP contribution in [0.3, 0.4) is 0 Å². The Kier molecular flexibility index (Phi) is 2.62. The zero-order valence-corrected chi connectivity index (χ0v) is 6.70. The molecule has 2 N–H and O–H groups in total. The van der Waals surface area contributed by atoms with Gasteiger partial charge in [-0.3, -0.25) is 0 Å². The lowest BCUT2D eigenvalue weighted by Crippen LogP contribution is -2.08. The summed E-state index contributed by atoms with van der Waals surface area (Å²) in [6, 6.07) is 5.19. The van der Waals surface area contributed by atoms with Crippen LogP contribution in [0.25, 0.3) is 0 Å². The van der Waals surface area contributed by atoms with Gasteiger partial charge in [-0.1, -0.05) is 18.1 Å². The van der Waals surface area contributed by atoms with Crippen LogP contribution in [0.2, 0.25) is 0 Å². The Morgan fingerprint density at radius 1 is 1.67 bits per heavy atom. The zero-order valence-electron chi connectivity index (χ0n) is 6.70. The summed E-state index contributed by atoms with van der Waals surface area (Å²) in [6.07, 6.45) is 6.81. The molecule has 1 heterocycles. The second-order valence-electron chi connectivity index (χ2n) is 2.35. The van der Waals surface area contributed by atoms with Crippen molar-refractivity contribution in [2.75, 3.05) is 0 Å². The first-order chi connectivity index (χ1) is 5.77. The fourth-order valence-electron chi connectivity index (χ4n) is 0.838. The van der Waals surface area contributed by atoms with E-state index in [9.17, 15) is 0 Å². The summed E-state index contributed by atoms with van der Waals surface area (Å²) in [6.45, 7) is 3.58. The molecular formula is C10H10N2. The van der Waals surface area contributed by atoms with Gasteiger partial charge in [-0.05, 0) is 12.1 Å². The molecule has 1 aromatic heterocycles. The summed E-state index contributed by atoms with van der Waals surface area (Å²) < 4.78 is 0. The Balaban J connectivity index is 3.03. The normalized spacial score (nSPS) is 11.7. The topological polar surface area (TPSA) is 38.9 Å². The van der Waals surface area contributed by atoms with Crippen LogP contribution in [0.4, 0.5) is 0 Å². The van der Waals surface area contributed by atoms with Crippen LogP contribution in [0.15, 0.2) is 30.9 Å². The SMILES string of the molecule is C#Cc1cccc([C@@H](N)C=C)n1. The monoisotopic (exact) mass is 158 g/mol. The van der Waals surface area contributed by atoms with Gasteiger partial charge in [0, 0.05) is 0 Å². The minimum atomic E-state index is -0.238. The van der Waals surface area contributed by atoms with Gasteiger partial charge in [0.05, 0.1) is 11.7 Å². The van der Waals surface area contributed by atoms with Crippen LogP contribution < -0.4 is 5.73 Å². The van der Waals surface area contributed by atoms with E-state index in [1.165, 1.54) is 0 Å². The van der Waals surface area contributed by atoms with Crippen LogP contribution >= 0.6 is 0 Å². The maximum Gasteiger partial charge on any atom is 0.113 e. The predicted octanol–water partition coefficient (Wildman–Crippen LogP) is 1.25. The number of nitrogens with two attached hydrogens (primary N) is 1. The lowest BCUT2D eigenvalue weighted by molar-refractivity contribution is 0.861. The molecule has 0 saturated carbocycles. The van der Waals surface area contributed by atoms with Crippen LogP contribution in [-0.4, -0.2) is 4.98 Å². The Bertz CT molecular complexity index is 323. The Morgan fingerprint density at radius 2 is 2.42 bits per heavy atom. The molecule has 1 rings (SSSR count). The molecule has 0 aromatic carbocycles. The molecule has 0 fully saturated rings. The molecular weight excluding hydrogens is 148 g/mol. The van der Waals surface area contributed by atoms with E-state index >= 15 is 0 Å². The van der Waals surface area contributed by atoms with E-state index in [1.807, 2.05) is 12.1 Å². The highest BCUT2D eigenvalue weighted by molar-refractivity contribution is 5.27. The van der Waals surface area contributed by atoms with Gasteiger partial charge in [-0.25, -0.2) is 4.98 Å². The van der Waals surface area contributed by atoms with Crippen molar-refractivity contribution in [3.8, 4) is 12.3 Å². The summed E-state index contributed by atoms with van der Waals surface area (Å²) in [4.78, 5) is 4.13. The molecule has 0 unspecified atom stereocenters. The highest BCUT2D eigenvalue weighted by Crippen LogP contribution is 2.07. The van der Waals surface area contributed by atoms with E-state index in [-0.39, 0.29) is 6.04 Å². The number of nitrogens with zero attached hydrogens (tertiary/aromatic N) is 1. The highest BCUT2D eigenvalue weighted by Gasteiger charge is 2.01. The molecule has 0 aliphatic heterocycles. The van der Waals surface area contributed by atoms with Crippen molar-refractivity contribution >= 4 is 0 Å². The first-order valence-electron chi connectivity index (χ1n) is 3.59. The van der Waals surface area contributed by atoms with Gasteiger partial charge in [0.15, 0.2) is 0 Å². The highest BCUT2D eigenvalue weighted by atomic mass is 14.8. The van der Waals surface area contributed by atoms with Crippen molar-refractivity contribution in [3.05, 3.63) is 42.2 Å². The number of hydrogen-bond donors (Lipinski definition) is 1. The molecule has 2 heteroatoms. The average molecular weight is 158 g/mol. The Hall–Kier alpha value is -1.59. The van der Waals surface area contributed by atoms with Crippen molar-refractivity contribution in [2.24, 2.45) is 5.73 Å². The Morgan fingerprint density at radius 3 is 3.00 bits per heavy atom. The van der Waals surface area contributed by atoms with Gasteiger partial charge in [0.2, 0.25) is 0 Å². The van der Waals surface area contributed by atoms with Crippen molar-refractivity contribution in [2.45, 2.75) is 6.04 Å². The fraction of sp³-hybridized carbons (Fsp3) is 0.100. The second-order valence-corrected chi connectivity index (χ2v) is 2.35. The smallest absolute Gasteiger partial charge is 0.113 e. The number of rotatable bonds is 2. The van der Waals surface area contributed by atoms with Crippen LogP contribution in [0.1, 0.15) is 17.4 Å². The fourth-order valence-corrected chi connectivity index (χ4v) is 0.838. The summed E-state index contributed by atoms with van der Waals surface area (Å²) in [5.41, 5.74) is 7.02. The molecule has 0 aliphatic carbocycles. The third-order valence-electron chi connectivity index (χ3n) is 1.51. The predicted molar refractivity (Wildman–Crippen MR) is 49.3 cm³/mol. The Labute approximate surface area is 72.1 Å². The minimum absolute atomic E-state index is 0.238. The van der Waals surface area contributed by atoms with E-state index in [1.54, 1.807) is 12.1 Å². The van der Waals surface area contributed by atoms with Crippen LogP contribution in [0, 0.1) is 12.3 Å². The molecule has 0 aliphatic rings. The van der Waals surface area contributed by atoms with Crippen molar-refractivity contribution in [1.82, 2.24) is 4.98 Å². The molecule has 2 nitrogen and oxygen atoms in total. The number of aromatic nitrogens is 1. The molecule has 12 heavy (non-hydrogen) atoms. The first kappa shape index (κ1) is 8.51. The average Bonchev–Trinajstić information content (AvgIpc) is 2.17. The second kappa shape index (κ2) is 3.70. The molecule has 1 atom stereocenters. The quantitative estimate of drug-likeness (QED) is 0.519. The molecule has 0 bridgehead atoms. The molecule has 0 amide bonds. The van der Waals surface area contributed by atoms with Gasteiger partial charge >= 0.3 is 0 Å². The minimum Gasteiger partial charge on any atom is -0.319 e. The molecule has 0 radical (unpaired) electrons. The standard InChI is InChI=1S/C10H10N2/c1-3-8-6-5-7-10(12-8)9(11)4-2/h1,4-7,9H,2,11H2/t9-/m0/s1. The van der Waals surface area contributed by atoms with Gasteiger partial charge in [-0.2, -0.15) is 0 Å². The van der Waals surface area contributed by atoms with Crippen LogP contribution in [0.5, 0.6) is 0 Å². The van der Waals surface area contributed by atoms with E-state index in [4.69, 9.17) is 12.2 Å². The zero-order chi connectivity index (χ0) is 8.97. The van der Waals surface area contributed by atoms with Gasteiger partial charge in [-0.15, -0.1) is 13.0 Å². The van der Waals surface area contributed by atoms with E-state index in [0.717, 1.165) is 5.69 Å². The molecule has 0 saturated heterocycles. The van der Waals surface area contributed by atoms with E-state index in [2.05, 4.69) is 17.5 Å². The number of hydrogen-bond acceptors (Lipinski definition) is 2. The summed E-state index contributed by atoms with van der Waals surface area (Å²) in [7, 11) is 0. The third kappa shape index (κ3) is 1.71. The lowest BCUT2D eigenvalue weighted by atomic mass is 10.2. The molecule has 1 aromatic rings. The summed E-state index contributed by atoms with van der Waals surface area (Å²) >= 11 is 0. The van der Waals surface area contributed by atoms with Crippen LogP contribution in [-0.2, 0) is 0 Å². The van der Waals surface area contributed by atoms with Crippen molar-refractivity contribution < 1.29 is 0 Å². The number of terminal acetylenes is 1.